The van der Waals surface area contributed by atoms with Crippen LogP contribution in [0.25, 0.3) is 0 Å². The highest BCUT2D eigenvalue weighted by molar-refractivity contribution is 6.32. The molecule has 0 aliphatic carbocycles. The van der Waals surface area contributed by atoms with E-state index in [1.807, 2.05) is 0 Å². The van der Waals surface area contributed by atoms with Gasteiger partial charge in [0.1, 0.15) is 12.1 Å². The van der Waals surface area contributed by atoms with Gasteiger partial charge in [-0.3, -0.25) is 0 Å². The van der Waals surface area contributed by atoms with Crippen molar-refractivity contribution in [3.63, 3.8) is 0 Å². The number of benzene rings is 1. The molecule has 2 aromatic rings. The van der Waals surface area contributed by atoms with Crippen LogP contribution >= 0.6 is 11.6 Å². The fourth-order valence-electron chi connectivity index (χ4n) is 1.31. The van der Waals surface area contributed by atoms with Crippen LogP contribution in [0.1, 0.15) is 6.92 Å². The van der Waals surface area contributed by atoms with Crippen LogP contribution in [-0.4, -0.2) is 16.6 Å². The normalized spacial score (nSPS) is 9.55. The molecule has 0 fully saturated rings. The number of rotatable bonds is 4. The van der Waals surface area contributed by atoms with E-state index in [0.29, 0.717) is 5.88 Å². The molecule has 1 heterocycles. The first-order valence-electron chi connectivity index (χ1n) is 5.66. The Morgan fingerprint density at radius 3 is 2.85 bits per heavy atom. The van der Waals surface area contributed by atoms with E-state index in [2.05, 4.69) is 21.8 Å². The predicted molar refractivity (Wildman–Crippen MR) is 72.5 cm³/mol. The Bertz CT molecular complexity index is 668. The van der Waals surface area contributed by atoms with Crippen molar-refractivity contribution in [3.05, 3.63) is 41.4 Å². The van der Waals surface area contributed by atoms with Gasteiger partial charge >= 0.3 is 0 Å². The lowest BCUT2D eigenvalue weighted by Crippen LogP contribution is -1.98. The first-order chi connectivity index (χ1) is 9.69. The van der Waals surface area contributed by atoms with E-state index in [0.717, 1.165) is 0 Å². The van der Waals surface area contributed by atoms with Gasteiger partial charge in [0.15, 0.2) is 12.4 Å². The highest BCUT2D eigenvalue weighted by atomic mass is 35.5. The Labute approximate surface area is 120 Å². The van der Waals surface area contributed by atoms with E-state index in [1.54, 1.807) is 6.92 Å². The van der Waals surface area contributed by atoms with Crippen LogP contribution in [0.3, 0.4) is 0 Å². The van der Waals surface area contributed by atoms with Gasteiger partial charge in [-0.25, -0.2) is 14.4 Å². The Morgan fingerprint density at radius 2 is 2.05 bits per heavy atom. The predicted octanol–water partition coefficient (Wildman–Crippen LogP) is 3.46. The molecule has 4 nitrogen and oxygen atoms in total. The third-order valence-electron chi connectivity index (χ3n) is 2.19. The molecule has 1 aromatic carbocycles. The van der Waals surface area contributed by atoms with Gasteiger partial charge in [0.2, 0.25) is 11.8 Å². The molecule has 0 atom stereocenters. The van der Waals surface area contributed by atoms with Crippen LogP contribution in [0.4, 0.5) is 4.39 Å². The molecule has 0 N–H and O–H groups in total. The highest BCUT2D eigenvalue weighted by Gasteiger charge is 2.07. The van der Waals surface area contributed by atoms with E-state index < -0.39 is 5.82 Å². The minimum Gasteiger partial charge on any atom is -0.464 e. The summed E-state index contributed by atoms with van der Waals surface area (Å²) < 4.78 is 23.8. The third-order valence-corrected chi connectivity index (χ3v) is 2.51. The summed E-state index contributed by atoms with van der Waals surface area (Å²) >= 11 is 5.90. The number of aromatic nitrogens is 2. The van der Waals surface area contributed by atoms with Crippen molar-refractivity contribution >= 4 is 11.6 Å². The summed E-state index contributed by atoms with van der Waals surface area (Å²) in [4.78, 5) is 7.81. The van der Waals surface area contributed by atoms with Crippen molar-refractivity contribution in [2.75, 3.05) is 6.61 Å². The lowest BCUT2D eigenvalue weighted by molar-refractivity contribution is 0.349. The summed E-state index contributed by atoms with van der Waals surface area (Å²) in [6.07, 6.45) is 1.28. The fraction of sp³-hybridized carbons (Fsp3) is 0.143. The van der Waals surface area contributed by atoms with Gasteiger partial charge in [0.05, 0.1) is 11.1 Å². The molecule has 6 heteroatoms. The molecule has 102 valence electrons. The van der Waals surface area contributed by atoms with E-state index >= 15 is 0 Å². The zero-order chi connectivity index (χ0) is 14.4. The number of hydrogen-bond acceptors (Lipinski definition) is 4. The summed E-state index contributed by atoms with van der Waals surface area (Å²) in [5, 5.41) is 0.282. The lowest BCUT2D eigenvalue weighted by atomic mass is 10.3. The summed E-state index contributed by atoms with van der Waals surface area (Å²) in [5.41, 5.74) is 0. The fourth-order valence-corrected chi connectivity index (χ4v) is 1.46. The Kier molecular flexibility index (Phi) is 4.75. The van der Waals surface area contributed by atoms with E-state index in [-0.39, 0.29) is 23.3 Å². The summed E-state index contributed by atoms with van der Waals surface area (Å²) in [6, 6.07) is 5.29. The van der Waals surface area contributed by atoms with Crippen LogP contribution in [0.15, 0.2) is 30.6 Å². The van der Waals surface area contributed by atoms with Crippen molar-refractivity contribution in [1.82, 2.24) is 9.97 Å². The topological polar surface area (TPSA) is 44.2 Å². The Morgan fingerprint density at radius 1 is 1.25 bits per heavy atom. The molecule has 1 aromatic heterocycles. The highest BCUT2D eigenvalue weighted by Crippen LogP contribution is 2.29. The molecule has 0 aliphatic heterocycles. The number of hydrogen-bond donors (Lipinski definition) is 0. The van der Waals surface area contributed by atoms with E-state index in [9.17, 15) is 4.39 Å². The summed E-state index contributed by atoms with van der Waals surface area (Å²) in [5.74, 6) is 5.67. The van der Waals surface area contributed by atoms with Crippen molar-refractivity contribution in [2.24, 2.45) is 0 Å². The average Bonchev–Trinajstić information content (AvgIpc) is 2.44. The molecule has 0 unspecified atom stereocenters. The molecular formula is C14H10ClFN2O2. The lowest BCUT2D eigenvalue weighted by Gasteiger charge is -2.07. The van der Waals surface area contributed by atoms with Crippen LogP contribution in [0.5, 0.6) is 17.5 Å². The van der Waals surface area contributed by atoms with Gasteiger partial charge < -0.3 is 9.47 Å². The first kappa shape index (κ1) is 14.1. The zero-order valence-electron chi connectivity index (χ0n) is 10.6. The second-order valence-electron chi connectivity index (χ2n) is 3.59. The molecule has 0 saturated heterocycles. The van der Waals surface area contributed by atoms with Gasteiger partial charge in [0, 0.05) is 6.07 Å². The molecule has 0 spiro atoms. The smallest absolute Gasteiger partial charge is 0.226 e. The molecule has 0 aliphatic rings. The van der Waals surface area contributed by atoms with Gasteiger partial charge in [0.25, 0.3) is 0 Å². The van der Waals surface area contributed by atoms with Crippen LogP contribution in [0, 0.1) is 17.7 Å². The quantitative estimate of drug-likeness (QED) is 0.810. The molecule has 0 amide bonds. The molecule has 0 saturated carbocycles. The molecule has 2 rings (SSSR count). The SMILES string of the molecule is CC#CCOc1cc(Oc2cc(F)ccc2Cl)ncn1. The number of nitrogens with zero attached hydrogens (tertiary/aromatic N) is 2. The molecule has 0 bridgehead atoms. The summed E-state index contributed by atoms with van der Waals surface area (Å²) in [7, 11) is 0. The maximum Gasteiger partial charge on any atom is 0.226 e. The van der Waals surface area contributed by atoms with Gasteiger partial charge in [-0.05, 0) is 19.1 Å². The zero-order valence-corrected chi connectivity index (χ0v) is 11.3. The van der Waals surface area contributed by atoms with E-state index in [4.69, 9.17) is 21.1 Å². The second-order valence-corrected chi connectivity index (χ2v) is 3.99. The third kappa shape index (κ3) is 3.84. The van der Waals surface area contributed by atoms with Crippen molar-refractivity contribution in [1.29, 1.82) is 0 Å². The Hall–Kier alpha value is -2.32. The van der Waals surface area contributed by atoms with E-state index in [1.165, 1.54) is 30.6 Å². The standard InChI is InChI=1S/C14H10ClFN2O2/c1-2-3-6-19-13-8-14(18-9-17-13)20-12-7-10(16)4-5-11(12)15/h4-5,7-9H,6H2,1H3. The maximum absolute atomic E-state index is 13.1. The molecule has 0 radical (unpaired) electrons. The minimum absolute atomic E-state index is 0.171. The first-order valence-corrected chi connectivity index (χ1v) is 6.04. The van der Waals surface area contributed by atoms with Gasteiger partial charge in [-0.2, -0.15) is 0 Å². The number of ether oxygens (including phenoxy) is 2. The van der Waals surface area contributed by atoms with Gasteiger partial charge in [-0.1, -0.05) is 17.5 Å². The monoisotopic (exact) mass is 292 g/mol. The second kappa shape index (κ2) is 6.73. The minimum atomic E-state index is -0.451. The average molecular weight is 293 g/mol. The van der Waals surface area contributed by atoms with Crippen LogP contribution < -0.4 is 9.47 Å². The Balaban J connectivity index is 2.14. The van der Waals surface area contributed by atoms with Crippen LogP contribution in [-0.2, 0) is 0 Å². The number of halogens is 2. The molecule has 20 heavy (non-hydrogen) atoms. The van der Waals surface area contributed by atoms with Crippen LogP contribution in [0.2, 0.25) is 5.02 Å². The van der Waals surface area contributed by atoms with Crippen molar-refractivity contribution < 1.29 is 13.9 Å². The van der Waals surface area contributed by atoms with Crippen molar-refractivity contribution in [2.45, 2.75) is 6.92 Å². The van der Waals surface area contributed by atoms with Gasteiger partial charge in [-0.15, -0.1) is 5.92 Å². The largest absolute Gasteiger partial charge is 0.464 e. The van der Waals surface area contributed by atoms with Crippen molar-refractivity contribution in [3.8, 4) is 29.4 Å². The summed E-state index contributed by atoms with van der Waals surface area (Å²) in [6.45, 7) is 1.93. The maximum atomic E-state index is 13.1. The molecular weight excluding hydrogens is 283 g/mol.